The third kappa shape index (κ3) is 4.04. The van der Waals surface area contributed by atoms with E-state index in [0.29, 0.717) is 5.92 Å². The Balaban J connectivity index is 1.40. The highest BCUT2D eigenvalue weighted by Crippen LogP contribution is 2.37. The summed E-state index contributed by atoms with van der Waals surface area (Å²) in [6.07, 6.45) is 13.3. The molecule has 108 valence electrons. The summed E-state index contributed by atoms with van der Waals surface area (Å²) in [4.78, 5) is 0. The Bertz CT molecular complexity index is 300. The second-order valence-electron chi connectivity index (χ2n) is 6.34. The second-order valence-corrected chi connectivity index (χ2v) is 6.34. The van der Waals surface area contributed by atoms with Crippen LogP contribution in [0, 0.1) is 5.92 Å². The molecule has 2 saturated heterocycles. The number of hydrogen-bond donors (Lipinski definition) is 1. The zero-order valence-corrected chi connectivity index (χ0v) is 11.9. The van der Waals surface area contributed by atoms with Crippen molar-refractivity contribution in [2.24, 2.45) is 5.92 Å². The molecule has 0 aromatic heterocycles. The van der Waals surface area contributed by atoms with E-state index in [9.17, 15) is 0 Å². The lowest BCUT2D eigenvalue weighted by Gasteiger charge is -2.42. The minimum absolute atomic E-state index is 0.137. The Morgan fingerprint density at radius 2 is 1.95 bits per heavy atom. The van der Waals surface area contributed by atoms with Gasteiger partial charge in [-0.1, -0.05) is 12.2 Å². The van der Waals surface area contributed by atoms with Crippen LogP contribution < -0.4 is 5.32 Å². The van der Waals surface area contributed by atoms with Gasteiger partial charge in [-0.15, -0.1) is 0 Å². The van der Waals surface area contributed by atoms with Crippen molar-refractivity contribution < 1.29 is 9.47 Å². The minimum Gasteiger partial charge on any atom is -0.381 e. The molecule has 0 bridgehead atoms. The van der Waals surface area contributed by atoms with Crippen molar-refractivity contribution in [3.05, 3.63) is 12.2 Å². The molecule has 3 heteroatoms. The Kier molecular flexibility index (Phi) is 4.57. The molecule has 0 radical (unpaired) electrons. The van der Waals surface area contributed by atoms with Gasteiger partial charge in [-0.2, -0.15) is 0 Å². The van der Waals surface area contributed by atoms with Crippen LogP contribution in [0.1, 0.15) is 44.9 Å². The summed E-state index contributed by atoms with van der Waals surface area (Å²) in [7, 11) is 0. The summed E-state index contributed by atoms with van der Waals surface area (Å²) < 4.78 is 11.5. The fourth-order valence-electron chi connectivity index (χ4n) is 3.27. The van der Waals surface area contributed by atoms with Gasteiger partial charge in [0.2, 0.25) is 0 Å². The zero-order chi connectivity index (χ0) is 13.0. The van der Waals surface area contributed by atoms with E-state index in [-0.39, 0.29) is 5.60 Å². The van der Waals surface area contributed by atoms with Crippen molar-refractivity contribution in [1.29, 1.82) is 0 Å². The highest BCUT2D eigenvalue weighted by Gasteiger charge is 2.38. The van der Waals surface area contributed by atoms with Crippen LogP contribution in [0.25, 0.3) is 0 Å². The van der Waals surface area contributed by atoms with E-state index in [1.54, 1.807) is 0 Å². The molecule has 2 heterocycles. The Morgan fingerprint density at radius 3 is 2.74 bits per heavy atom. The fraction of sp³-hybridized carbons (Fsp3) is 0.875. The second kappa shape index (κ2) is 6.38. The average molecular weight is 265 g/mol. The summed E-state index contributed by atoms with van der Waals surface area (Å²) in [6, 6.07) is 0.835. The highest BCUT2D eigenvalue weighted by atomic mass is 16.5. The zero-order valence-electron chi connectivity index (χ0n) is 11.9. The maximum Gasteiger partial charge on any atom is 0.0732 e. The molecule has 3 fully saturated rings. The Morgan fingerprint density at radius 1 is 1.11 bits per heavy atom. The van der Waals surface area contributed by atoms with Crippen LogP contribution in [0.2, 0.25) is 0 Å². The first-order valence-corrected chi connectivity index (χ1v) is 7.98. The normalized spacial score (nSPS) is 31.1. The molecule has 1 atom stereocenters. The summed E-state index contributed by atoms with van der Waals surface area (Å²) >= 11 is 0. The van der Waals surface area contributed by atoms with Crippen molar-refractivity contribution >= 4 is 0 Å². The van der Waals surface area contributed by atoms with E-state index in [2.05, 4.69) is 17.5 Å². The molecule has 0 aromatic carbocycles. The molecular formula is C16H27NO2. The maximum atomic E-state index is 6.08. The molecule has 1 spiro atoms. The van der Waals surface area contributed by atoms with Crippen LogP contribution in [-0.4, -0.2) is 38.0 Å². The summed E-state index contributed by atoms with van der Waals surface area (Å²) in [5.74, 6) is 0.716. The van der Waals surface area contributed by atoms with Crippen LogP contribution in [-0.2, 0) is 9.47 Å². The first-order valence-electron chi connectivity index (χ1n) is 7.98. The van der Waals surface area contributed by atoms with Gasteiger partial charge in [0.25, 0.3) is 0 Å². The molecule has 1 aliphatic carbocycles. The van der Waals surface area contributed by atoms with E-state index < -0.39 is 0 Å². The number of rotatable bonds is 5. The van der Waals surface area contributed by atoms with Crippen LogP contribution in [0.15, 0.2) is 12.2 Å². The lowest BCUT2D eigenvalue weighted by atomic mass is 9.80. The number of ether oxygens (including phenoxy) is 2. The standard InChI is InChI=1S/C16H27NO2/c1(2-9-17-15-4-5-15)3-14-6-10-19-16(13-14)7-11-18-12-8-16/h1,3,14-15,17H,2,4-13H2. The molecule has 3 nitrogen and oxygen atoms in total. The lowest BCUT2D eigenvalue weighted by molar-refractivity contribution is -0.141. The van der Waals surface area contributed by atoms with Gasteiger partial charge in [0.1, 0.15) is 0 Å². The van der Waals surface area contributed by atoms with Crippen molar-refractivity contribution in [2.75, 3.05) is 26.4 Å². The number of allylic oxidation sites excluding steroid dienone is 1. The van der Waals surface area contributed by atoms with Crippen molar-refractivity contribution in [3.8, 4) is 0 Å². The van der Waals surface area contributed by atoms with Crippen molar-refractivity contribution in [3.63, 3.8) is 0 Å². The van der Waals surface area contributed by atoms with E-state index >= 15 is 0 Å². The molecule has 0 aromatic rings. The predicted octanol–water partition coefficient (Wildman–Crippen LogP) is 2.66. The largest absolute Gasteiger partial charge is 0.381 e. The van der Waals surface area contributed by atoms with Gasteiger partial charge in [-0.25, -0.2) is 0 Å². The number of nitrogens with one attached hydrogen (secondary N) is 1. The van der Waals surface area contributed by atoms with E-state index in [4.69, 9.17) is 9.47 Å². The topological polar surface area (TPSA) is 30.5 Å². The first kappa shape index (κ1) is 13.6. The van der Waals surface area contributed by atoms with Crippen LogP contribution in [0.5, 0.6) is 0 Å². The third-order valence-electron chi connectivity index (χ3n) is 4.66. The van der Waals surface area contributed by atoms with Crippen molar-refractivity contribution in [1.82, 2.24) is 5.32 Å². The van der Waals surface area contributed by atoms with Gasteiger partial charge >= 0.3 is 0 Å². The van der Waals surface area contributed by atoms with E-state index in [1.165, 1.54) is 32.1 Å². The van der Waals surface area contributed by atoms with Gasteiger partial charge in [0, 0.05) is 25.9 Å². The predicted molar refractivity (Wildman–Crippen MR) is 76.2 cm³/mol. The summed E-state index contributed by atoms with van der Waals surface area (Å²) in [5, 5.41) is 3.56. The van der Waals surface area contributed by atoms with Gasteiger partial charge in [-0.05, 0) is 57.4 Å². The minimum atomic E-state index is 0.137. The van der Waals surface area contributed by atoms with Gasteiger partial charge in [-0.3, -0.25) is 0 Å². The van der Waals surface area contributed by atoms with Crippen LogP contribution >= 0.6 is 0 Å². The lowest BCUT2D eigenvalue weighted by Crippen LogP contribution is -2.44. The Labute approximate surface area is 116 Å². The van der Waals surface area contributed by atoms with E-state index in [0.717, 1.165) is 45.2 Å². The summed E-state index contributed by atoms with van der Waals surface area (Å²) in [6.45, 7) is 3.82. The van der Waals surface area contributed by atoms with Gasteiger partial charge in [0.05, 0.1) is 5.60 Å². The van der Waals surface area contributed by atoms with Gasteiger partial charge in [0.15, 0.2) is 0 Å². The first-order chi connectivity index (χ1) is 9.36. The monoisotopic (exact) mass is 265 g/mol. The van der Waals surface area contributed by atoms with Crippen LogP contribution in [0.3, 0.4) is 0 Å². The molecule has 1 saturated carbocycles. The fourth-order valence-corrected chi connectivity index (χ4v) is 3.27. The molecule has 1 N–H and O–H groups in total. The molecule has 0 amide bonds. The molecule has 19 heavy (non-hydrogen) atoms. The molecule has 1 unspecified atom stereocenters. The average Bonchev–Trinajstić information content (AvgIpc) is 3.24. The van der Waals surface area contributed by atoms with Gasteiger partial charge < -0.3 is 14.8 Å². The summed E-state index contributed by atoms with van der Waals surface area (Å²) in [5.41, 5.74) is 0.137. The smallest absolute Gasteiger partial charge is 0.0732 e. The quantitative estimate of drug-likeness (QED) is 0.612. The highest BCUT2D eigenvalue weighted by molar-refractivity contribution is 4.97. The SMILES string of the molecule is C(=CC1CCOC2(CCOCC2)C1)CCNC1CC1. The maximum absolute atomic E-state index is 6.08. The molecular weight excluding hydrogens is 238 g/mol. The van der Waals surface area contributed by atoms with Crippen LogP contribution in [0.4, 0.5) is 0 Å². The molecule has 3 aliphatic rings. The third-order valence-corrected chi connectivity index (χ3v) is 4.66. The number of hydrogen-bond acceptors (Lipinski definition) is 3. The molecule has 3 rings (SSSR count). The van der Waals surface area contributed by atoms with Crippen molar-refractivity contribution in [2.45, 2.75) is 56.6 Å². The Hall–Kier alpha value is -0.380. The molecule has 2 aliphatic heterocycles. The van der Waals surface area contributed by atoms with E-state index in [1.807, 2.05) is 0 Å².